The highest BCUT2D eigenvalue weighted by atomic mass is 16.8. The summed E-state index contributed by atoms with van der Waals surface area (Å²) in [6, 6.07) is -1.27. The lowest BCUT2D eigenvalue weighted by molar-refractivity contribution is -0.364. The molecule has 0 radical (unpaired) electrons. The van der Waals surface area contributed by atoms with E-state index >= 15 is 0 Å². The molecule has 0 aliphatic carbocycles. The molecule has 270 valence electrons. The van der Waals surface area contributed by atoms with Gasteiger partial charge in [-0.15, -0.1) is 0 Å². The number of unbranched alkanes of at least 4 members (excludes halogenated alkanes) is 5. The number of carbonyl (C=O) groups is 1. The number of methoxy groups -OCH3 is 1. The second-order valence-corrected chi connectivity index (χ2v) is 11.9. The molecule has 1 amide bonds. The fourth-order valence-electron chi connectivity index (χ4n) is 5.82. The maximum Gasteiger partial charge on any atom is 0.217 e. The van der Waals surface area contributed by atoms with E-state index in [0.717, 1.165) is 32.1 Å². The van der Waals surface area contributed by atoms with Crippen molar-refractivity contribution in [1.82, 2.24) is 5.32 Å². The zero-order valence-corrected chi connectivity index (χ0v) is 26.6. The zero-order valence-electron chi connectivity index (χ0n) is 26.6. The van der Waals surface area contributed by atoms with E-state index in [1.54, 1.807) is 0 Å². The van der Waals surface area contributed by atoms with Crippen molar-refractivity contribution in [3.05, 3.63) is 0 Å². The summed E-state index contributed by atoms with van der Waals surface area (Å²) in [4.78, 5) is 11.9. The van der Waals surface area contributed by atoms with Gasteiger partial charge >= 0.3 is 0 Å². The van der Waals surface area contributed by atoms with Crippen molar-refractivity contribution in [2.75, 3.05) is 33.5 Å². The van der Waals surface area contributed by atoms with Crippen molar-refractivity contribution in [3.8, 4) is 0 Å². The van der Waals surface area contributed by atoms with Crippen LogP contribution >= 0.6 is 0 Å². The topological polar surface area (TPSA) is 256 Å². The number of hydrogen-bond acceptors (Lipinski definition) is 16. The van der Waals surface area contributed by atoms with Crippen LogP contribution in [0.1, 0.15) is 52.4 Å². The molecule has 3 saturated heterocycles. The normalized spacial score (nSPS) is 41.8. The van der Waals surface area contributed by atoms with Gasteiger partial charge in [-0.05, 0) is 6.42 Å². The number of hydrogen-bond donors (Lipinski definition) is 9. The first-order valence-corrected chi connectivity index (χ1v) is 15.9. The number of aliphatic hydroxyl groups is 8. The fraction of sp³-hybridized carbons (Fsp3) is 0.966. The van der Waals surface area contributed by atoms with Crippen LogP contribution in [-0.4, -0.2) is 172 Å². The van der Waals surface area contributed by atoms with E-state index in [2.05, 4.69) is 12.2 Å². The second-order valence-electron chi connectivity index (χ2n) is 11.9. The van der Waals surface area contributed by atoms with Gasteiger partial charge in [0.25, 0.3) is 0 Å². The number of amides is 1. The van der Waals surface area contributed by atoms with E-state index < -0.39 is 118 Å². The molecule has 9 N–H and O–H groups in total. The van der Waals surface area contributed by atoms with Gasteiger partial charge in [-0.2, -0.15) is 0 Å². The summed E-state index contributed by atoms with van der Waals surface area (Å²) < 4.78 is 39.8. The minimum absolute atomic E-state index is 0.246. The lowest BCUT2D eigenvalue weighted by Gasteiger charge is -2.48. The van der Waals surface area contributed by atoms with Crippen molar-refractivity contribution in [1.29, 1.82) is 0 Å². The molecule has 0 aromatic carbocycles. The van der Waals surface area contributed by atoms with Gasteiger partial charge in [-0.25, -0.2) is 0 Å². The predicted molar refractivity (Wildman–Crippen MR) is 155 cm³/mol. The summed E-state index contributed by atoms with van der Waals surface area (Å²) in [7, 11) is 1.28. The lowest BCUT2D eigenvalue weighted by Crippen LogP contribution is -2.68. The molecular formula is C29H53NO16. The summed E-state index contributed by atoms with van der Waals surface area (Å²) in [6.07, 6.45) is -14.4. The number of carbonyl (C=O) groups excluding carboxylic acids is 1. The standard InChI is InChI=1S/C29H53NO16/c1-4-5-6-7-8-9-10-41-28-24(39)22(37)20(35)17(45-28)13-42-29-26(23(38)19(34)15(11-31)43-29)46-27-18(30-14(2)33)21(36)25(40-3)16(12-32)44-27/h15-29,31-32,34-39H,4-13H2,1-3H3,(H,30,33)/t15-,16-,17-,18-,19-,20-,21-,22+,23+,24-,25-,26+,27+,28-,29+/m1/s1. The van der Waals surface area contributed by atoms with E-state index in [4.69, 9.17) is 33.2 Å². The molecule has 0 bridgehead atoms. The van der Waals surface area contributed by atoms with E-state index in [1.165, 1.54) is 14.0 Å². The Balaban J connectivity index is 1.72. The Morgan fingerprint density at radius 3 is 1.91 bits per heavy atom. The molecule has 3 aliphatic rings. The third-order valence-electron chi connectivity index (χ3n) is 8.48. The summed E-state index contributed by atoms with van der Waals surface area (Å²) in [5.74, 6) is -0.565. The molecule has 3 heterocycles. The molecule has 17 nitrogen and oxygen atoms in total. The van der Waals surface area contributed by atoms with Gasteiger partial charge in [-0.1, -0.05) is 39.0 Å². The predicted octanol–water partition coefficient (Wildman–Crippen LogP) is -3.39. The molecule has 3 aliphatic heterocycles. The first kappa shape index (κ1) is 39.3. The molecule has 0 spiro atoms. The SMILES string of the molecule is CCCCCCCCO[C@@H]1O[C@H](CO[C@H]2O[C@H](CO)[C@@H](O)[C@H](O)[C@@H]2O[C@@H]2O[C@H](CO)[C@@H](OC)[C@H](O)[C@H]2NC(C)=O)[C@@H](O)[C@H](O)[C@H]1O. The van der Waals surface area contributed by atoms with E-state index in [-0.39, 0.29) is 6.61 Å². The maximum atomic E-state index is 11.9. The average molecular weight is 672 g/mol. The second kappa shape index (κ2) is 19.2. The lowest BCUT2D eigenvalue weighted by atomic mass is 9.95. The molecule has 0 unspecified atom stereocenters. The van der Waals surface area contributed by atoms with E-state index in [9.17, 15) is 45.6 Å². The van der Waals surface area contributed by atoms with E-state index in [0.29, 0.717) is 6.42 Å². The smallest absolute Gasteiger partial charge is 0.217 e. The maximum absolute atomic E-state index is 11.9. The molecular weight excluding hydrogens is 618 g/mol. The Labute approximate surface area is 268 Å². The number of rotatable bonds is 17. The summed E-state index contributed by atoms with van der Waals surface area (Å²) in [5, 5.41) is 86.1. The number of ether oxygens (including phenoxy) is 7. The highest BCUT2D eigenvalue weighted by Crippen LogP contribution is 2.31. The Bertz CT molecular complexity index is 888. The first-order valence-electron chi connectivity index (χ1n) is 15.9. The van der Waals surface area contributed by atoms with Crippen molar-refractivity contribution in [3.63, 3.8) is 0 Å². The fourth-order valence-corrected chi connectivity index (χ4v) is 5.82. The van der Waals surface area contributed by atoms with Crippen LogP contribution < -0.4 is 5.32 Å². The highest BCUT2D eigenvalue weighted by Gasteiger charge is 2.52. The Kier molecular flexibility index (Phi) is 16.4. The quantitative estimate of drug-likeness (QED) is 0.0683. The summed E-state index contributed by atoms with van der Waals surface area (Å²) >= 11 is 0. The minimum Gasteiger partial charge on any atom is -0.394 e. The number of nitrogens with one attached hydrogen (secondary N) is 1. The molecule has 15 atom stereocenters. The number of aliphatic hydroxyl groups excluding tert-OH is 8. The van der Waals surface area contributed by atoms with Gasteiger partial charge in [0.2, 0.25) is 5.91 Å². The van der Waals surface area contributed by atoms with Crippen LogP contribution in [0, 0.1) is 0 Å². The van der Waals surface area contributed by atoms with Crippen LogP contribution in [0.25, 0.3) is 0 Å². The van der Waals surface area contributed by atoms with Gasteiger partial charge in [0.05, 0.1) is 19.8 Å². The van der Waals surface area contributed by atoms with Gasteiger partial charge in [0.15, 0.2) is 18.9 Å². The molecule has 0 aromatic heterocycles. The van der Waals surface area contributed by atoms with E-state index in [1.807, 2.05) is 0 Å². The third kappa shape index (κ3) is 9.96. The first-order chi connectivity index (χ1) is 22.0. The molecule has 17 heteroatoms. The molecule has 0 saturated carbocycles. The van der Waals surface area contributed by atoms with Gasteiger partial charge < -0.3 is 79.3 Å². The monoisotopic (exact) mass is 671 g/mol. The Morgan fingerprint density at radius 1 is 0.674 bits per heavy atom. The van der Waals surface area contributed by atoms with Gasteiger partial charge in [0.1, 0.15) is 73.2 Å². The van der Waals surface area contributed by atoms with Crippen molar-refractivity contribution >= 4 is 5.91 Å². The Morgan fingerprint density at radius 2 is 1.28 bits per heavy atom. The van der Waals surface area contributed by atoms with Crippen LogP contribution in [-0.2, 0) is 38.0 Å². The molecule has 3 fully saturated rings. The third-order valence-corrected chi connectivity index (χ3v) is 8.48. The van der Waals surface area contributed by atoms with Gasteiger partial charge in [0, 0.05) is 20.6 Å². The summed E-state index contributed by atoms with van der Waals surface area (Å²) in [6.45, 7) is 1.74. The van der Waals surface area contributed by atoms with Crippen molar-refractivity contribution < 1.29 is 78.8 Å². The minimum atomic E-state index is -1.76. The largest absolute Gasteiger partial charge is 0.394 e. The van der Waals surface area contributed by atoms with Crippen LogP contribution in [0.15, 0.2) is 0 Å². The molecule has 0 aromatic rings. The van der Waals surface area contributed by atoms with Crippen LogP contribution in [0.4, 0.5) is 0 Å². The average Bonchev–Trinajstić information content (AvgIpc) is 3.03. The molecule has 3 rings (SSSR count). The van der Waals surface area contributed by atoms with Crippen molar-refractivity contribution in [2.24, 2.45) is 0 Å². The van der Waals surface area contributed by atoms with Crippen LogP contribution in [0.2, 0.25) is 0 Å². The zero-order chi connectivity index (χ0) is 34.0. The van der Waals surface area contributed by atoms with Crippen LogP contribution in [0.5, 0.6) is 0 Å². The Hall–Kier alpha value is -1.13. The highest BCUT2D eigenvalue weighted by molar-refractivity contribution is 5.73. The van der Waals surface area contributed by atoms with Crippen LogP contribution in [0.3, 0.4) is 0 Å². The van der Waals surface area contributed by atoms with Crippen molar-refractivity contribution in [2.45, 2.75) is 144 Å². The van der Waals surface area contributed by atoms with Gasteiger partial charge in [-0.3, -0.25) is 4.79 Å². The summed E-state index contributed by atoms with van der Waals surface area (Å²) in [5.41, 5.74) is 0. The molecule has 46 heavy (non-hydrogen) atoms.